The van der Waals surface area contributed by atoms with Gasteiger partial charge in [-0.3, -0.25) is 5.10 Å². The second-order valence-corrected chi connectivity index (χ2v) is 11.1. The van der Waals surface area contributed by atoms with Crippen LogP contribution in [0.25, 0.3) is 0 Å². The van der Waals surface area contributed by atoms with Gasteiger partial charge in [0.05, 0.1) is 18.0 Å². The molecular formula is C11H21IN2OSi. The van der Waals surface area contributed by atoms with Crippen molar-refractivity contribution in [3.63, 3.8) is 0 Å². The molecule has 0 saturated heterocycles. The summed E-state index contributed by atoms with van der Waals surface area (Å²) < 4.78 is 7.04. The highest BCUT2D eigenvalue weighted by Gasteiger charge is 2.37. The lowest BCUT2D eigenvalue weighted by Gasteiger charge is -2.35. The van der Waals surface area contributed by atoms with Crippen LogP contribution in [0.3, 0.4) is 0 Å². The summed E-state index contributed by atoms with van der Waals surface area (Å²) in [5.74, 6) is 0. The van der Waals surface area contributed by atoms with E-state index in [0.29, 0.717) is 6.61 Å². The second kappa shape index (κ2) is 5.18. The molecule has 16 heavy (non-hydrogen) atoms. The van der Waals surface area contributed by atoms with Crippen molar-refractivity contribution in [2.45, 2.75) is 49.9 Å². The van der Waals surface area contributed by atoms with Crippen LogP contribution in [0.5, 0.6) is 0 Å². The first-order valence-electron chi connectivity index (χ1n) is 5.49. The van der Waals surface area contributed by atoms with Crippen molar-refractivity contribution in [3.05, 3.63) is 17.5 Å². The number of hydrogen-bond donors (Lipinski definition) is 1. The molecule has 0 aliphatic carbocycles. The lowest BCUT2D eigenvalue weighted by molar-refractivity contribution is 0.272. The Balaban J connectivity index is 2.57. The minimum absolute atomic E-state index is 0.263. The maximum atomic E-state index is 6.10. The molecule has 0 amide bonds. The number of H-pyrrole nitrogens is 1. The van der Waals surface area contributed by atoms with E-state index in [9.17, 15) is 0 Å². The van der Waals surface area contributed by atoms with Crippen LogP contribution in [-0.4, -0.2) is 18.5 Å². The molecule has 5 heteroatoms. The number of aromatic amines is 1. The molecule has 1 heterocycles. The molecule has 0 aliphatic heterocycles. The van der Waals surface area contributed by atoms with Crippen LogP contribution < -0.4 is 0 Å². The topological polar surface area (TPSA) is 37.9 Å². The molecule has 1 aromatic rings. The maximum Gasteiger partial charge on any atom is 0.192 e. The van der Waals surface area contributed by atoms with Crippen LogP contribution in [0.4, 0.5) is 0 Å². The van der Waals surface area contributed by atoms with Crippen molar-refractivity contribution >= 4 is 30.9 Å². The van der Waals surface area contributed by atoms with Gasteiger partial charge in [0.15, 0.2) is 8.32 Å². The largest absolute Gasteiger partial charge is 0.411 e. The van der Waals surface area contributed by atoms with Gasteiger partial charge in [-0.05, 0) is 24.2 Å². The highest BCUT2D eigenvalue weighted by Crippen LogP contribution is 2.36. The van der Waals surface area contributed by atoms with Crippen molar-refractivity contribution in [1.29, 1.82) is 0 Å². The van der Waals surface area contributed by atoms with E-state index in [0.717, 1.165) is 15.8 Å². The fourth-order valence-electron chi connectivity index (χ4n) is 1.03. The van der Waals surface area contributed by atoms with Gasteiger partial charge in [-0.25, -0.2) is 0 Å². The van der Waals surface area contributed by atoms with Crippen LogP contribution in [0.15, 0.2) is 6.07 Å². The molecule has 1 rings (SSSR count). The van der Waals surface area contributed by atoms with E-state index in [-0.39, 0.29) is 5.04 Å². The van der Waals surface area contributed by atoms with E-state index in [1.807, 2.05) is 0 Å². The van der Waals surface area contributed by atoms with Crippen LogP contribution in [0, 0.1) is 0 Å². The summed E-state index contributed by atoms with van der Waals surface area (Å²) in [5.41, 5.74) is 2.17. The molecule has 1 aromatic heterocycles. The third kappa shape index (κ3) is 3.56. The van der Waals surface area contributed by atoms with E-state index >= 15 is 0 Å². The molecular weight excluding hydrogens is 331 g/mol. The molecule has 0 spiro atoms. The first kappa shape index (κ1) is 14.2. The van der Waals surface area contributed by atoms with Gasteiger partial charge in [0, 0.05) is 4.43 Å². The van der Waals surface area contributed by atoms with Crippen LogP contribution in [0.1, 0.15) is 32.2 Å². The van der Waals surface area contributed by atoms with Gasteiger partial charge < -0.3 is 4.43 Å². The van der Waals surface area contributed by atoms with Crippen LogP contribution in [-0.2, 0) is 15.5 Å². The summed E-state index contributed by atoms with van der Waals surface area (Å²) >= 11 is 2.31. The smallest absolute Gasteiger partial charge is 0.192 e. The minimum Gasteiger partial charge on any atom is -0.411 e. The van der Waals surface area contributed by atoms with Crippen molar-refractivity contribution in [2.24, 2.45) is 0 Å². The van der Waals surface area contributed by atoms with Gasteiger partial charge >= 0.3 is 0 Å². The standard InChI is InChI=1S/C11H21IN2OSi/c1-11(2,3)16(4,5)15-8-10-6-9(7-12)13-14-10/h6H,7-8H2,1-5H3,(H,13,14). The number of aromatic nitrogens is 2. The third-order valence-corrected chi connectivity index (χ3v) is 8.48. The van der Waals surface area contributed by atoms with Crippen LogP contribution in [0.2, 0.25) is 18.1 Å². The summed E-state index contributed by atoms with van der Waals surface area (Å²) in [4.78, 5) is 0. The number of halogens is 1. The number of alkyl halides is 1. The van der Waals surface area contributed by atoms with E-state index < -0.39 is 8.32 Å². The van der Waals surface area contributed by atoms with E-state index in [2.05, 4.69) is 72.7 Å². The number of hydrogen-bond acceptors (Lipinski definition) is 2. The molecule has 92 valence electrons. The van der Waals surface area contributed by atoms with E-state index in [1.54, 1.807) is 0 Å². The molecule has 0 unspecified atom stereocenters. The fourth-order valence-corrected chi connectivity index (χ4v) is 2.37. The van der Waals surface area contributed by atoms with Crippen molar-refractivity contribution < 1.29 is 4.43 Å². The lowest BCUT2D eigenvalue weighted by Crippen LogP contribution is -2.40. The Morgan fingerprint density at radius 2 is 2.06 bits per heavy atom. The fraction of sp³-hybridized carbons (Fsp3) is 0.727. The Morgan fingerprint density at radius 3 is 2.50 bits per heavy atom. The highest BCUT2D eigenvalue weighted by molar-refractivity contribution is 14.1. The second-order valence-electron chi connectivity index (χ2n) is 5.57. The van der Waals surface area contributed by atoms with Gasteiger partial charge in [-0.2, -0.15) is 5.10 Å². The van der Waals surface area contributed by atoms with E-state index in [4.69, 9.17) is 4.43 Å². The zero-order valence-corrected chi connectivity index (χ0v) is 13.9. The molecule has 0 atom stereocenters. The van der Waals surface area contributed by atoms with Gasteiger partial charge in [-0.1, -0.05) is 43.4 Å². The molecule has 0 fully saturated rings. The van der Waals surface area contributed by atoms with Crippen molar-refractivity contribution in [2.75, 3.05) is 0 Å². The Bertz CT molecular complexity index is 344. The molecule has 0 bridgehead atoms. The Kier molecular flexibility index (Phi) is 4.59. The van der Waals surface area contributed by atoms with Gasteiger partial charge in [0.25, 0.3) is 0 Å². The average molecular weight is 352 g/mol. The van der Waals surface area contributed by atoms with Gasteiger partial charge in [0.2, 0.25) is 0 Å². The summed E-state index contributed by atoms with van der Waals surface area (Å²) in [6, 6.07) is 2.08. The molecule has 3 nitrogen and oxygen atoms in total. The van der Waals surface area contributed by atoms with Gasteiger partial charge in [0.1, 0.15) is 0 Å². The van der Waals surface area contributed by atoms with Crippen LogP contribution >= 0.6 is 22.6 Å². The Hall–Kier alpha value is 0.117. The Labute approximate surface area is 113 Å². The van der Waals surface area contributed by atoms with Crippen molar-refractivity contribution in [3.8, 4) is 0 Å². The average Bonchev–Trinajstić information content (AvgIpc) is 2.60. The minimum atomic E-state index is -1.64. The SMILES string of the molecule is CC(C)(C)[Si](C)(C)OCc1cc(CI)n[nH]1. The molecule has 1 N–H and O–H groups in total. The third-order valence-electron chi connectivity index (χ3n) is 3.22. The predicted molar refractivity (Wildman–Crippen MR) is 78.3 cm³/mol. The normalized spacial score (nSPS) is 13.1. The number of rotatable bonds is 4. The molecule has 0 aliphatic rings. The zero-order chi connectivity index (χ0) is 12.4. The summed E-state index contributed by atoms with van der Waals surface area (Å²) in [5, 5.41) is 7.49. The van der Waals surface area contributed by atoms with E-state index in [1.165, 1.54) is 0 Å². The quantitative estimate of drug-likeness (QED) is 0.508. The number of nitrogens with one attached hydrogen (secondary N) is 1. The highest BCUT2D eigenvalue weighted by atomic mass is 127. The predicted octanol–water partition coefficient (Wildman–Crippen LogP) is 3.87. The summed E-state index contributed by atoms with van der Waals surface area (Å²) in [6.45, 7) is 11.9. The molecule has 0 radical (unpaired) electrons. The zero-order valence-electron chi connectivity index (χ0n) is 10.7. The molecule has 0 saturated carbocycles. The number of nitrogens with zero attached hydrogens (tertiary/aromatic N) is 1. The molecule has 0 aromatic carbocycles. The van der Waals surface area contributed by atoms with Crippen molar-refractivity contribution in [1.82, 2.24) is 10.2 Å². The van der Waals surface area contributed by atoms with Gasteiger partial charge in [-0.15, -0.1) is 0 Å². The monoisotopic (exact) mass is 352 g/mol. The lowest BCUT2D eigenvalue weighted by atomic mass is 10.2. The summed E-state index contributed by atoms with van der Waals surface area (Å²) in [7, 11) is -1.64. The first-order chi connectivity index (χ1) is 7.26. The maximum absolute atomic E-state index is 6.10. The Morgan fingerprint density at radius 1 is 1.44 bits per heavy atom. The first-order valence-corrected chi connectivity index (χ1v) is 9.93. The summed E-state index contributed by atoms with van der Waals surface area (Å²) in [6.07, 6.45) is 0.